The van der Waals surface area contributed by atoms with Crippen molar-refractivity contribution in [2.45, 2.75) is 60.4 Å². The molecule has 0 saturated heterocycles. The topological polar surface area (TPSA) is 155 Å². The lowest BCUT2D eigenvalue weighted by Crippen LogP contribution is -2.43. The van der Waals surface area contributed by atoms with Crippen LogP contribution in [-0.4, -0.2) is 69.5 Å². The number of esters is 1. The maximum absolute atomic E-state index is 12.1. The molecule has 0 bridgehead atoms. The van der Waals surface area contributed by atoms with Crippen LogP contribution in [0.5, 0.6) is 0 Å². The van der Waals surface area contributed by atoms with Crippen LogP contribution in [0.3, 0.4) is 0 Å². The van der Waals surface area contributed by atoms with Crippen LogP contribution in [-0.2, 0) is 38.1 Å². The molecule has 0 aliphatic heterocycles. The number of aliphatic hydroxyl groups is 1. The fourth-order valence-corrected chi connectivity index (χ4v) is 2.97. The number of amides is 1. The van der Waals surface area contributed by atoms with Crippen molar-refractivity contribution in [1.82, 2.24) is 5.32 Å². The summed E-state index contributed by atoms with van der Waals surface area (Å²) >= 11 is 0. The largest absolute Gasteiger partial charge is 0.511 e. The van der Waals surface area contributed by atoms with E-state index in [9.17, 15) is 27.9 Å². The number of ether oxygens (including phenoxy) is 3. The molecular weight excluding hydrogens is 422 g/mol. The smallest absolute Gasteiger partial charge is 0.434 e. The first-order chi connectivity index (χ1) is 13.7. The number of nitrogens with one attached hydrogen (secondary N) is 1. The fraction of sp³-hybridized carbons (Fsp3) is 0.833. The van der Waals surface area contributed by atoms with Crippen LogP contribution in [0.1, 0.15) is 48.0 Å². The fourth-order valence-electron chi connectivity index (χ4n) is 1.87. The van der Waals surface area contributed by atoms with Gasteiger partial charge in [-0.05, 0) is 12.3 Å². The number of hydrogen-bond donors (Lipinski definition) is 2. The summed E-state index contributed by atoms with van der Waals surface area (Å²) in [5.41, 5.74) is -1.32. The lowest BCUT2D eigenvalue weighted by Gasteiger charge is -2.29. The summed E-state index contributed by atoms with van der Waals surface area (Å²) in [6.07, 6.45) is -3.94. The second-order valence-electron chi connectivity index (χ2n) is 7.83. The van der Waals surface area contributed by atoms with E-state index < -0.39 is 46.7 Å². The van der Waals surface area contributed by atoms with E-state index in [1.165, 1.54) is 27.7 Å². The quantitative estimate of drug-likeness (QED) is 0.177. The standard InChI is InChI=1S/C18H33NO10S/c1-12(2)10-26-17(23)29-14(4)28-16(22)15(21)18(5,6)11-27-30(24,25)9-7-8-19-13(3)20/h12,14-15,21H,7-11H2,1-6H3,(H,19,20)/t14?,15-/m0/s1. The first-order valence-electron chi connectivity index (χ1n) is 9.50. The van der Waals surface area contributed by atoms with E-state index in [2.05, 4.69) is 5.32 Å². The van der Waals surface area contributed by atoms with Crippen LogP contribution < -0.4 is 5.32 Å². The van der Waals surface area contributed by atoms with Crippen LogP contribution in [0.15, 0.2) is 0 Å². The molecule has 0 fully saturated rings. The van der Waals surface area contributed by atoms with E-state index in [4.69, 9.17) is 18.4 Å². The Balaban J connectivity index is 4.54. The molecule has 0 heterocycles. The highest BCUT2D eigenvalue weighted by Crippen LogP contribution is 2.24. The van der Waals surface area contributed by atoms with Gasteiger partial charge in [0, 0.05) is 25.8 Å². The Morgan fingerprint density at radius 3 is 2.23 bits per heavy atom. The first-order valence-corrected chi connectivity index (χ1v) is 11.1. The Bertz CT molecular complexity index is 674. The molecule has 2 atom stereocenters. The molecule has 30 heavy (non-hydrogen) atoms. The summed E-state index contributed by atoms with van der Waals surface area (Å²) in [5.74, 6) is -1.63. The van der Waals surface area contributed by atoms with Crippen LogP contribution in [0.2, 0.25) is 0 Å². The van der Waals surface area contributed by atoms with E-state index in [-0.39, 0.29) is 37.2 Å². The maximum atomic E-state index is 12.1. The van der Waals surface area contributed by atoms with Gasteiger partial charge in [-0.25, -0.2) is 9.59 Å². The third-order valence-electron chi connectivity index (χ3n) is 3.60. The predicted octanol–water partition coefficient (Wildman–Crippen LogP) is 0.944. The Hall–Kier alpha value is -1.92. The number of carbonyl (C=O) groups is 3. The highest BCUT2D eigenvalue weighted by atomic mass is 32.2. The summed E-state index contributed by atoms with van der Waals surface area (Å²) in [5, 5.41) is 12.7. The Morgan fingerprint density at radius 1 is 1.10 bits per heavy atom. The highest BCUT2D eigenvalue weighted by Gasteiger charge is 2.37. The lowest BCUT2D eigenvalue weighted by atomic mass is 9.88. The van der Waals surface area contributed by atoms with Crippen molar-refractivity contribution in [3.63, 3.8) is 0 Å². The van der Waals surface area contributed by atoms with E-state index in [1.807, 2.05) is 13.8 Å². The van der Waals surface area contributed by atoms with Crippen molar-refractivity contribution < 1.29 is 46.3 Å². The third-order valence-corrected chi connectivity index (χ3v) is 4.86. The van der Waals surface area contributed by atoms with E-state index in [0.29, 0.717) is 0 Å². The van der Waals surface area contributed by atoms with E-state index in [0.717, 1.165) is 0 Å². The summed E-state index contributed by atoms with van der Waals surface area (Å²) in [7, 11) is -3.92. The van der Waals surface area contributed by atoms with Gasteiger partial charge >= 0.3 is 12.1 Å². The van der Waals surface area contributed by atoms with Crippen molar-refractivity contribution in [1.29, 1.82) is 0 Å². The SMILES string of the molecule is CC(=O)NCCCS(=O)(=O)OCC(C)(C)[C@@H](O)C(=O)OC(C)OC(=O)OCC(C)C. The molecule has 0 aromatic rings. The average molecular weight is 456 g/mol. The predicted molar refractivity (Wildman–Crippen MR) is 106 cm³/mol. The van der Waals surface area contributed by atoms with Crippen molar-refractivity contribution in [2.75, 3.05) is 25.5 Å². The Morgan fingerprint density at radius 2 is 1.70 bits per heavy atom. The molecule has 2 N–H and O–H groups in total. The van der Waals surface area contributed by atoms with Gasteiger partial charge in [0.2, 0.25) is 12.2 Å². The molecule has 0 saturated carbocycles. The Labute approximate surface area is 177 Å². The summed E-state index contributed by atoms with van der Waals surface area (Å²) < 4.78 is 43.1. The molecule has 0 aromatic carbocycles. The third kappa shape index (κ3) is 12.6. The van der Waals surface area contributed by atoms with Crippen molar-refractivity contribution in [2.24, 2.45) is 11.3 Å². The zero-order valence-electron chi connectivity index (χ0n) is 18.3. The minimum absolute atomic E-state index is 0.0969. The van der Waals surface area contributed by atoms with Crippen LogP contribution in [0, 0.1) is 11.3 Å². The normalized spacial score (nSPS) is 14.0. The first kappa shape index (κ1) is 28.1. The summed E-state index contributed by atoms with van der Waals surface area (Å²) in [6, 6.07) is 0. The van der Waals surface area contributed by atoms with Gasteiger partial charge in [0.1, 0.15) is 0 Å². The van der Waals surface area contributed by atoms with Gasteiger partial charge < -0.3 is 24.6 Å². The van der Waals surface area contributed by atoms with Gasteiger partial charge in [-0.15, -0.1) is 0 Å². The molecule has 0 aromatic heterocycles. The van der Waals surface area contributed by atoms with Crippen molar-refractivity contribution >= 4 is 28.1 Å². The zero-order valence-corrected chi connectivity index (χ0v) is 19.1. The monoisotopic (exact) mass is 455 g/mol. The molecule has 176 valence electrons. The molecule has 0 aliphatic rings. The lowest BCUT2D eigenvalue weighted by molar-refractivity contribution is -0.184. The summed E-state index contributed by atoms with van der Waals surface area (Å²) in [6.45, 7) is 8.89. The molecule has 0 aliphatic carbocycles. The average Bonchev–Trinajstić information content (AvgIpc) is 2.61. The molecular formula is C18H33NO10S. The van der Waals surface area contributed by atoms with Crippen LogP contribution >= 0.6 is 0 Å². The van der Waals surface area contributed by atoms with Gasteiger partial charge in [-0.2, -0.15) is 8.42 Å². The van der Waals surface area contributed by atoms with Crippen LogP contribution in [0.4, 0.5) is 4.79 Å². The Kier molecular flexibility index (Phi) is 11.9. The van der Waals surface area contributed by atoms with Gasteiger partial charge in [-0.1, -0.05) is 27.7 Å². The van der Waals surface area contributed by atoms with Crippen molar-refractivity contribution in [3.05, 3.63) is 0 Å². The summed E-state index contributed by atoms with van der Waals surface area (Å²) in [4.78, 5) is 34.3. The highest BCUT2D eigenvalue weighted by molar-refractivity contribution is 7.86. The van der Waals surface area contributed by atoms with Gasteiger partial charge in [0.05, 0.1) is 19.0 Å². The molecule has 12 heteroatoms. The van der Waals surface area contributed by atoms with Gasteiger partial charge in [0.15, 0.2) is 6.10 Å². The van der Waals surface area contributed by atoms with E-state index >= 15 is 0 Å². The zero-order chi connectivity index (χ0) is 23.5. The van der Waals surface area contributed by atoms with Crippen LogP contribution in [0.25, 0.3) is 0 Å². The maximum Gasteiger partial charge on any atom is 0.511 e. The number of rotatable bonds is 13. The molecule has 0 radical (unpaired) electrons. The minimum atomic E-state index is -3.92. The molecule has 1 unspecified atom stereocenters. The second-order valence-corrected chi connectivity index (χ2v) is 9.59. The molecule has 0 rings (SSSR count). The van der Waals surface area contributed by atoms with Gasteiger partial charge in [0.25, 0.3) is 10.1 Å². The molecule has 0 spiro atoms. The number of aliphatic hydroxyl groups excluding tert-OH is 1. The minimum Gasteiger partial charge on any atom is -0.434 e. The number of hydrogen-bond acceptors (Lipinski definition) is 10. The number of carbonyl (C=O) groups excluding carboxylic acids is 3. The molecule has 11 nitrogen and oxygen atoms in total. The van der Waals surface area contributed by atoms with E-state index in [1.54, 1.807) is 0 Å². The van der Waals surface area contributed by atoms with Gasteiger partial charge in [-0.3, -0.25) is 8.98 Å². The van der Waals surface area contributed by atoms with Crippen molar-refractivity contribution in [3.8, 4) is 0 Å². The second kappa shape index (κ2) is 12.7. The molecule has 1 amide bonds.